The molecule has 0 saturated heterocycles. The molecule has 3 heterocycles. The second-order valence-corrected chi connectivity index (χ2v) is 7.12. The number of H-pyrrole nitrogens is 1. The standard InChI is InChI=1S/C16H13FN8OS2/c1-9(25-14(20-21-16(25)27)13-3-2-6-28-13)15(26)19-12-7-10(4-5-11(12)17)24-8-18-22-23-24/h2-9H,1H3,(H,19,26)(H,21,27). The Bertz CT molecular complexity index is 1170. The van der Waals surface area contributed by atoms with Crippen LogP contribution in [0, 0.1) is 10.6 Å². The normalized spacial score (nSPS) is 12.1. The van der Waals surface area contributed by atoms with Crippen molar-refractivity contribution in [1.82, 2.24) is 35.0 Å². The number of hydrogen-bond acceptors (Lipinski definition) is 7. The summed E-state index contributed by atoms with van der Waals surface area (Å²) in [6, 6.07) is 7.23. The third kappa shape index (κ3) is 3.34. The van der Waals surface area contributed by atoms with Crippen LogP contribution >= 0.6 is 23.6 Å². The molecule has 1 unspecified atom stereocenters. The Morgan fingerprint density at radius 2 is 2.25 bits per heavy atom. The molecule has 0 aliphatic carbocycles. The Kier molecular flexibility index (Phi) is 4.79. The van der Waals surface area contributed by atoms with E-state index in [1.165, 1.54) is 40.5 Å². The van der Waals surface area contributed by atoms with E-state index in [0.29, 0.717) is 16.3 Å². The van der Waals surface area contributed by atoms with Gasteiger partial charge in [0, 0.05) is 0 Å². The summed E-state index contributed by atoms with van der Waals surface area (Å²) < 4.78 is 17.5. The highest BCUT2D eigenvalue weighted by molar-refractivity contribution is 7.71. The first-order chi connectivity index (χ1) is 13.5. The van der Waals surface area contributed by atoms with Crippen molar-refractivity contribution in [1.29, 1.82) is 0 Å². The van der Waals surface area contributed by atoms with Gasteiger partial charge >= 0.3 is 0 Å². The number of nitrogens with zero attached hydrogens (tertiary/aromatic N) is 6. The first-order valence-electron chi connectivity index (χ1n) is 8.09. The van der Waals surface area contributed by atoms with E-state index in [1.807, 2.05) is 17.5 Å². The zero-order chi connectivity index (χ0) is 19.7. The molecule has 28 heavy (non-hydrogen) atoms. The third-order valence-corrected chi connectivity index (χ3v) is 5.19. The van der Waals surface area contributed by atoms with E-state index >= 15 is 0 Å². The number of halogens is 1. The predicted molar refractivity (Wildman–Crippen MR) is 103 cm³/mol. The lowest BCUT2D eigenvalue weighted by atomic mass is 10.2. The fourth-order valence-electron chi connectivity index (χ4n) is 2.63. The van der Waals surface area contributed by atoms with Gasteiger partial charge in [0.2, 0.25) is 5.91 Å². The third-order valence-electron chi connectivity index (χ3n) is 4.03. The Balaban J connectivity index is 1.62. The molecule has 0 bridgehead atoms. The van der Waals surface area contributed by atoms with Gasteiger partial charge in [-0.3, -0.25) is 14.5 Å². The van der Waals surface area contributed by atoms with E-state index in [4.69, 9.17) is 12.2 Å². The van der Waals surface area contributed by atoms with E-state index in [1.54, 1.807) is 11.5 Å². The molecule has 2 N–H and O–H groups in total. The van der Waals surface area contributed by atoms with Crippen LogP contribution in [0.25, 0.3) is 16.4 Å². The fourth-order valence-corrected chi connectivity index (χ4v) is 3.63. The van der Waals surface area contributed by atoms with Gasteiger partial charge in [-0.15, -0.1) is 16.4 Å². The van der Waals surface area contributed by atoms with Crippen LogP contribution in [-0.2, 0) is 4.79 Å². The summed E-state index contributed by atoms with van der Waals surface area (Å²) >= 11 is 6.75. The lowest BCUT2D eigenvalue weighted by molar-refractivity contribution is -0.118. The number of tetrazole rings is 1. The molecule has 0 radical (unpaired) electrons. The molecule has 12 heteroatoms. The molecule has 9 nitrogen and oxygen atoms in total. The van der Waals surface area contributed by atoms with Crippen molar-refractivity contribution in [2.45, 2.75) is 13.0 Å². The SMILES string of the molecule is CC(C(=O)Nc1cc(-n2cnnn2)ccc1F)n1c(-c2cccs2)n[nH]c1=S. The number of aromatic nitrogens is 7. The summed E-state index contributed by atoms with van der Waals surface area (Å²) in [5.41, 5.74) is 0.520. The molecule has 0 fully saturated rings. The lowest BCUT2D eigenvalue weighted by Crippen LogP contribution is -2.25. The zero-order valence-electron chi connectivity index (χ0n) is 14.4. The van der Waals surface area contributed by atoms with E-state index in [-0.39, 0.29) is 5.69 Å². The van der Waals surface area contributed by atoms with Crippen molar-refractivity contribution in [3.63, 3.8) is 0 Å². The van der Waals surface area contributed by atoms with E-state index in [9.17, 15) is 9.18 Å². The summed E-state index contributed by atoms with van der Waals surface area (Å²) in [6.45, 7) is 1.67. The number of benzene rings is 1. The number of carbonyl (C=O) groups excluding carboxylic acids is 1. The van der Waals surface area contributed by atoms with Crippen LogP contribution in [0.15, 0.2) is 42.0 Å². The first-order valence-corrected chi connectivity index (χ1v) is 9.38. The Morgan fingerprint density at radius 1 is 1.39 bits per heavy atom. The second kappa shape index (κ2) is 7.40. The van der Waals surface area contributed by atoms with Crippen LogP contribution in [0.1, 0.15) is 13.0 Å². The highest BCUT2D eigenvalue weighted by Crippen LogP contribution is 2.26. The van der Waals surface area contributed by atoms with Crippen LogP contribution < -0.4 is 5.32 Å². The molecule has 1 atom stereocenters. The van der Waals surface area contributed by atoms with E-state index < -0.39 is 17.8 Å². The minimum atomic E-state index is -0.723. The van der Waals surface area contributed by atoms with Gasteiger partial charge < -0.3 is 5.32 Å². The van der Waals surface area contributed by atoms with Crippen molar-refractivity contribution < 1.29 is 9.18 Å². The maximum Gasteiger partial charge on any atom is 0.247 e. The number of amides is 1. The van der Waals surface area contributed by atoms with Gasteiger partial charge in [-0.25, -0.2) is 9.07 Å². The smallest absolute Gasteiger partial charge is 0.247 e. The highest BCUT2D eigenvalue weighted by atomic mass is 32.1. The van der Waals surface area contributed by atoms with E-state index in [0.717, 1.165) is 4.88 Å². The quantitative estimate of drug-likeness (QED) is 0.485. The summed E-state index contributed by atoms with van der Waals surface area (Å²) in [5.74, 6) is -0.472. The van der Waals surface area contributed by atoms with Gasteiger partial charge in [0.05, 0.1) is 16.3 Å². The van der Waals surface area contributed by atoms with Gasteiger partial charge in [-0.2, -0.15) is 5.10 Å². The topological polar surface area (TPSA) is 106 Å². The number of thiophene rings is 1. The van der Waals surface area contributed by atoms with E-state index in [2.05, 4.69) is 31.0 Å². The Labute approximate surface area is 166 Å². The minimum absolute atomic E-state index is 0.0116. The number of nitrogens with one attached hydrogen (secondary N) is 2. The largest absolute Gasteiger partial charge is 0.322 e. The Hall–Kier alpha value is -3.25. The van der Waals surface area contributed by atoms with Crippen LogP contribution in [0.5, 0.6) is 0 Å². The highest BCUT2D eigenvalue weighted by Gasteiger charge is 2.22. The average molecular weight is 416 g/mol. The molecule has 4 aromatic rings. The van der Waals surface area contributed by atoms with Crippen molar-refractivity contribution >= 4 is 35.1 Å². The molecular formula is C16H13FN8OS2. The van der Waals surface area contributed by atoms with Crippen molar-refractivity contribution in [3.05, 3.63) is 52.6 Å². The fraction of sp³-hybridized carbons (Fsp3) is 0.125. The summed E-state index contributed by atoms with van der Waals surface area (Å²) in [7, 11) is 0. The first kappa shape index (κ1) is 18.1. The molecule has 0 saturated carbocycles. The molecule has 142 valence electrons. The van der Waals surface area contributed by atoms with Crippen molar-refractivity contribution in [3.8, 4) is 16.4 Å². The molecule has 4 rings (SSSR count). The number of anilines is 1. The summed E-state index contributed by atoms with van der Waals surface area (Å²) in [5, 5.41) is 22.3. The Morgan fingerprint density at radius 3 is 2.96 bits per heavy atom. The predicted octanol–water partition coefficient (Wildman–Crippen LogP) is 2.98. The van der Waals surface area contributed by atoms with Gasteiger partial charge in [-0.1, -0.05) is 6.07 Å². The molecule has 0 spiro atoms. The second-order valence-electron chi connectivity index (χ2n) is 5.78. The number of rotatable bonds is 5. The zero-order valence-corrected chi connectivity index (χ0v) is 16.0. The molecular weight excluding hydrogens is 403 g/mol. The van der Waals surface area contributed by atoms with Gasteiger partial charge in [0.1, 0.15) is 18.2 Å². The van der Waals surface area contributed by atoms with Crippen LogP contribution in [0.4, 0.5) is 10.1 Å². The molecule has 3 aromatic heterocycles. The number of aromatic amines is 1. The van der Waals surface area contributed by atoms with Gasteiger partial charge in [-0.05, 0) is 59.2 Å². The maximum absolute atomic E-state index is 14.2. The van der Waals surface area contributed by atoms with Crippen LogP contribution in [0.2, 0.25) is 0 Å². The van der Waals surface area contributed by atoms with Gasteiger partial charge in [0.25, 0.3) is 0 Å². The molecule has 1 amide bonds. The van der Waals surface area contributed by atoms with Crippen molar-refractivity contribution in [2.24, 2.45) is 0 Å². The summed E-state index contributed by atoms with van der Waals surface area (Å²) in [6.07, 6.45) is 1.37. The molecule has 1 aromatic carbocycles. The van der Waals surface area contributed by atoms with Gasteiger partial charge in [0.15, 0.2) is 10.6 Å². The monoisotopic (exact) mass is 416 g/mol. The maximum atomic E-state index is 14.2. The number of carbonyl (C=O) groups is 1. The van der Waals surface area contributed by atoms with Crippen molar-refractivity contribution in [2.75, 3.05) is 5.32 Å². The molecule has 0 aliphatic rings. The number of hydrogen-bond donors (Lipinski definition) is 2. The van der Waals surface area contributed by atoms with Crippen LogP contribution in [-0.4, -0.2) is 40.9 Å². The molecule has 0 aliphatic heterocycles. The lowest BCUT2D eigenvalue weighted by Gasteiger charge is -2.16. The average Bonchev–Trinajstić information content (AvgIpc) is 3.44. The minimum Gasteiger partial charge on any atom is -0.322 e. The summed E-state index contributed by atoms with van der Waals surface area (Å²) in [4.78, 5) is 13.7. The van der Waals surface area contributed by atoms with Crippen LogP contribution in [0.3, 0.4) is 0 Å².